The Hall–Kier alpha value is -8.01. The average Bonchev–Trinajstić information content (AvgIpc) is 3.67. The van der Waals surface area contributed by atoms with E-state index in [1.54, 1.807) is 0 Å². The molecule has 0 radical (unpaired) electrons. The van der Waals surface area contributed by atoms with Gasteiger partial charge in [0.1, 0.15) is 0 Å². The number of benzene rings is 9. The molecule has 3 heteroatoms. The van der Waals surface area contributed by atoms with Crippen LogP contribution < -0.4 is 0 Å². The average molecular weight is 846 g/mol. The second-order valence-corrected chi connectivity index (χ2v) is 17.9. The fourth-order valence-electron chi connectivity index (χ4n) is 10.5. The van der Waals surface area contributed by atoms with E-state index in [1.807, 2.05) is 12.1 Å². The first kappa shape index (κ1) is 39.6. The Kier molecular flexibility index (Phi) is 10.1. The van der Waals surface area contributed by atoms with Crippen LogP contribution >= 0.6 is 0 Å². The van der Waals surface area contributed by atoms with Gasteiger partial charge in [0.15, 0.2) is 17.5 Å². The van der Waals surface area contributed by atoms with Crippen LogP contribution in [0.3, 0.4) is 0 Å². The van der Waals surface area contributed by atoms with E-state index < -0.39 is 0 Å². The first-order valence-corrected chi connectivity index (χ1v) is 23.3. The lowest BCUT2D eigenvalue weighted by atomic mass is 9.67. The van der Waals surface area contributed by atoms with E-state index in [1.165, 1.54) is 87.7 Å². The molecule has 0 saturated heterocycles. The zero-order valence-corrected chi connectivity index (χ0v) is 36.7. The van der Waals surface area contributed by atoms with E-state index in [-0.39, 0.29) is 5.41 Å². The lowest BCUT2D eigenvalue weighted by Crippen LogP contribution is -2.28. The highest BCUT2D eigenvalue weighted by Gasteiger charge is 2.43. The van der Waals surface area contributed by atoms with Crippen LogP contribution in [0.25, 0.3) is 101 Å². The molecule has 1 heterocycles. The van der Waals surface area contributed by atoms with Crippen LogP contribution in [-0.2, 0) is 5.41 Å². The van der Waals surface area contributed by atoms with Gasteiger partial charge < -0.3 is 0 Å². The summed E-state index contributed by atoms with van der Waals surface area (Å²) in [6.07, 6.45) is 6.41. The first-order chi connectivity index (χ1) is 32.6. The maximum absolute atomic E-state index is 5.07. The van der Waals surface area contributed by atoms with E-state index in [2.05, 4.69) is 212 Å². The van der Waals surface area contributed by atoms with Gasteiger partial charge in [-0.1, -0.05) is 232 Å². The molecule has 0 bridgehead atoms. The molecule has 314 valence electrons. The molecule has 3 nitrogen and oxygen atoms in total. The molecule has 2 aliphatic rings. The zero-order chi connectivity index (χ0) is 43.9. The van der Waals surface area contributed by atoms with Gasteiger partial charge in [-0.15, -0.1) is 0 Å². The normalized spacial score (nSPS) is 13.6. The summed E-state index contributed by atoms with van der Waals surface area (Å²) in [7, 11) is 0. The molecule has 1 spiro atoms. The molecule has 0 unspecified atom stereocenters. The van der Waals surface area contributed by atoms with Gasteiger partial charge in [0.2, 0.25) is 0 Å². The third kappa shape index (κ3) is 7.33. The van der Waals surface area contributed by atoms with E-state index in [0.717, 1.165) is 38.9 Å². The van der Waals surface area contributed by atoms with Crippen molar-refractivity contribution in [3.63, 3.8) is 0 Å². The molecule has 0 atom stereocenters. The van der Waals surface area contributed by atoms with Crippen LogP contribution in [-0.4, -0.2) is 15.0 Å². The molecule has 0 aliphatic heterocycles. The first-order valence-electron chi connectivity index (χ1n) is 23.3. The summed E-state index contributed by atoms with van der Waals surface area (Å²) >= 11 is 0. The van der Waals surface area contributed by atoms with Gasteiger partial charge in [0.25, 0.3) is 0 Å². The molecule has 66 heavy (non-hydrogen) atoms. The Morgan fingerprint density at radius 1 is 0.242 bits per heavy atom. The van der Waals surface area contributed by atoms with Gasteiger partial charge >= 0.3 is 0 Å². The number of rotatable bonds is 8. The molecular weight excluding hydrogens is 799 g/mol. The maximum Gasteiger partial charge on any atom is 0.164 e. The third-order valence-electron chi connectivity index (χ3n) is 14.0. The van der Waals surface area contributed by atoms with Gasteiger partial charge in [-0.2, -0.15) is 0 Å². The number of hydrogen-bond acceptors (Lipinski definition) is 3. The van der Waals surface area contributed by atoms with Gasteiger partial charge in [0.05, 0.1) is 0 Å². The number of nitrogens with zero attached hydrogens (tertiary/aromatic N) is 3. The predicted molar refractivity (Wildman–Crippen MR) is 273 cm³/mol. The van der Waals surface area contributed by atoms with Crippen molar-refractivity contribution in [1.29, 1.82) is 0 Å². The Morgan fingerprint density at radius 3 is 1.06 bits per heavy atom. The number of fused-ring (bicyclic) bond motifs is 5. The van der Waals surface area contributed by atoms with Crippen molar-refractivity contribution >= 4 is 0 Å². The lowest BCUT2D eigenvalue weighted by Gasteiger charge is -2.36. The summed E-state index contributed by atoms with van der Waals surface area (Å²) in [5.41, 5.74) is 20.8. The standard InChI is InChI=1S/C63H47N3/c1-4-13-43(14-5-1)45-25-31-50(32-26-45)60-64-61(51-33-27-46(28-34-51)44-15-6-2-7-16-44)66-62(65-60)52-35-29-48(30-36-52)47-21-23-49(24-22-47)53-17-12-18-54(41-53)55-37-38-57-56-19-8-9-20-58(56)63(59(57)42-55)39-10-3-11-40-63/h1-2,4-9,12-38,41-42H,3,10-11,39-40H2. The maximum atomic E-state index is 5.07. The SMILES string of the molecule is c1ccc(-c2ccc(-c3nc(-c4ccc(-c5ccccc5)cc4)nc(-c4ccc(-c5ccc(-c6cccc(-c7ccc8c(c7)C7(CCCCC7)c7ccccc7-8)c6)cc5)cc4)n3)cc2)cc1. The van der Waals surface area contributed by atoms with Crippen molar-refractivity contribution in [2.45, 2.75) is 37.5 Å². The third-order valence-corrected chi connectivity index (χ3v) is 14.0. The highest BCUT2D eigenvalue weighted by atomic mass is 15.0. The van der Waals surface area contributed by atoms with Gasteiger partial charge in [-0.25, -0.2) is 15.0 Å². The quantitative estimate of drug-likeness (QED) is 0.153. The minimum absolute atomic E-state index is 0.148. The molecule has 1 aromatic heterocycles. The fraction of sp³-hybridized carbons (Fsp3) is 0.0952. The molecular formula is C63H47N3. The van der Waals surface area contributed by atoms with Crippen molar-refractivity contribution in [1.82, 2.24) is 15.0 Å². The predicted octanol–water partition coefficient (Wildman–Crippen LogP) is 16.4. The highest BCUT2D eigenvalue weighted by Crippen LogP contribution is 2.56. The van der Waals surface area contributed by atoms with Gasteiger partial charge in [-0.3, -0.25) is 0 Å². The van der Waals surface area contributed by atoms with Gasteiger partial charge in [-0.05, 0) is 103 Å². The molecule has 9 aromatic carbocycles. The van der Waals surface area contributed by atoms with Gasteiger partial charge in [0, 0.05) is 22.1 Å². The Balaban J connectivity index is 0.823. The van der Waals surface area contributed by atoms with Crippen molar-refractivity contribution in [3.05, 3.63) is 236 Å². The molecule has 0 N–H and O–H groups in total. The van der Waals surface area contributed by atoms with E-state index in [9.17, 15) is 0 Å². The molecule has 12 rings (SSSR count). The summed E-state index contributed by atoms with van der Waals surface area (Å²) in [4.78, 5) is 15.2. The smallest absolute Gasteiger partial charge is 0.164 e. The number of hydrogen-bond donors (Lipinski definition) is 0. The van der Waals surface area contributed by atoms with Crippen LogP contribution in [0.1, 0.15) is 43.2 Å². The molecule has 0 amide bonds. The summed E-state index contributed by atoms with van der Waals surface area (Å²) in [5, 5.41) is 0. The Morgan fingerprint density at radius 2 is 0.576 bits per heavy atom. The largest absolute Gasteiger partial charge is 0.208 e. The molecule has 2 aliphatic carbocycles. The second kappa shape index (κ2) is 16.8. The van der Waals surface area contributed by atoms with E-state index >= 15 is 0 Å². The number of aromatic nitrogens is 3. The van der Waals surface area contributed by atoms with Crippen LogP contribution in [0.4, 0.5) is 0 Å². The van der Waals surface area contributed by atoms with Crippen LogP contribution in [0.2, 0.25) is 0 Å². The fourth-order valence-corrected chi connectivity index (χ4v) is 10.5. The van der Waals surface area contributed by atoms with Crippen LogP contribution in [0.15, 0.2) is 224 Å². The monoisotopic (exact) mass is 845 g/mol. The van der Waals surface area contributed by atoms with Crippen LogP contribution in [0.5, 0.6) is 0 Å². The van der Waals surface area contributed by atoms with E-state index in [0.29, 0.717) is 17.5 Å². The molecule has 1 fully saturated rings. The molecule has 10 aromatic rings. The van der Waals surface area contributed by atoms with Crippen molar-refractivity contribution < 1.29 is 0 Å². The summed E-state index contributed by atoms with van der Waals surface area (Å²) in [6.45, 7) is 0. The van der Waals surface area contributed by atoms with Crippen molar-refractivity contribution in [3.8, 4) is 101 Å². The Labute approximate surface area is 387 Å². The summed E-state index contributed by atoms with van der Waals surface area (Å²) in [5.74, 6) is 1.92. The summed E-state index contributed by atoms with van der Waals surface area (Å²) in [6, 6.07) is 80.8. The van der Waals surface area contributed by atoms with Crippen LogP contribution in [0, 0.1) is 0 Å². The Bertz CT molecular complexity index is 3230. The minimum atomic E-state index is 0.148. The second-order valence-electron chi connectivity index (χ2n) is 17.9. The molecule has 1 saturated carbocycles. The van der Waals surface area contributed by atoms with Crippen molar-refractivity contribution in [2.75, 3.05) is 0 Å². The topological polar surface area (TPSA) is 38.7 Å². The minimum Gasteiger partial charge on any atom is -0.208 e. The van der Waals surface area contributed by atoms with E-state index in [4.69, 9.17) is 15.0 Å². The lowest BCUT2D eigenvalue weighted by molar-refractivity contribution is 0.353. The summed E-state index contributed by atoms with van der Waals surface area (Å²) < 4.78 is 0. The highest BCUT2D eigenvalue weighted by molar-refractivity contribution is 5.85. The zero-order valence-electron chi connectivity index (χ0n) is 36.7. The van der Waals surface area contributed by atoms with Crippen molar-refractivity contribution in [2.24, 2.45) is 0 Å².